The normalized spacial score (nSPS) is 19.4. The molecule has 0 saturated heterocycles. The molecule has 3 atom stereocenters. The van der Waals surface area contributed by atoms with E-state index in [0.29, 0.717) is 65.7 Å². The minimum absolute atomic E-state index is 0.0206. The fraction of sp³-hybridized carbons (Fsp3) is 0.438. The number of ether oxygens (including phenoxy) is 5. The third-order valence-electron chi connectivity index (χ3n) is 7.63. The van der Waals surface area contributed by atoms with Crippen molar-refractivity contribution in [3.05, 3.63) is 70.1 Å². The summed E-state index contributed by atoms with van der Waals surface area (Å²) in [6.07, 6.45) is 1.34. The molecule has 4 rings (SSSR count). The number of Topliss-reactive ketones (excluding diaryl/α,β-unsaturated/α-hetero) is 1. The lowest BCUT2D eigenvalue weighted by molar-refractivity contribution is -0.144. The minimum atomic E-state index is -0.601. The van der Waals surface area contributed by atoms with Gasteiger partial charge in [0.05, 0.1) is 39.6 Å². The Morgan fingerprint density at radius 1 is 0.925 bits per heavy atom. The van der Waals surface area contributed by atoms with E-state index in [4.69, 9.17) is 23.7 Å². The van der Waals surface area contributed by atoms with Crippen molar-refractivity contribution in [1.29, 1.82) is 0 Å². The summed E-state index contributed by atoms with van der Waals surface area (Å²) in [5.74, 6) is 1.28. The molecule has 2 aromatic rings. The van der Waals surface area contributed by atoms with Gasteiger partial charge < -0.3 is 29.0 Å². The maximum absolute atomic E-state index is 14.0. The third-order valence-corrected chi connectivity index (χ3v) is 7.63. The van der Waals surface area contributed by atoms with Crippen molar-refractivity contribution in [2.45, 2.75) is 64.9 Å². The summed E-state index contributed by atoms with van der Waals surface area (Å²) < 4.78 is 28.0. The van der Waals surface area contributed by atoms with Crippen molar-refractivity contribution >= 4 is 11.8 Å². The van der Waals surface area contributed by atoms with E-state index >= 15 is 0 Å². The molecular weight excluding hydrogens is 510 g/mol. The number of dihydropyridines is 1. The van der Waals surface area contributed by atoms with Crippen LogP contribution in [0, 0.1) is 0 Å². The molecule has 8 nitrogen and oxygen atoms in total. The molecular formula is C32H39NO7. The number of carbonyl (C=O) groups is 2. The molecule has 214 valence electrons. The molecule has 2 aliphatic rings. The van der Waals surface area contributed by atoms with Gasteiger partial charge in [0.25, 0.3) is 0 Å². The average Bonchev–Trinajstić information content (AvgIpc) is 2.96. The summed E-state index contributed by atoms with van der Waals surface area (Å²) in [6, 6.07) is 11.3. The second-order valence-electron chi connectivity index (χ2n) is 10.1. The quantitative estimate of drug-likeness (QED) is 0.371. The van der Waals surface area contributed by atoms with Gasteiger partial charge in [0.15, 0.2) is 28.8 Å². The molecule has 0 saturated carbocycles. The number of hydrogen-bond acceptors (Lipinski definition) is 8. The van der Waals surface area contributed by atoms with Crippen molar-refractivity contribution in [3.63, 3.8) is 0 Å². The number of benzene rings is 2. The third kappa shape index (κ3) is 5.67. The van der Waals surface area contributed by atoms with Crippen LogP contribution in [0.3, 0.4) is 0 Å². The van der Waals surface area contributed by atoms with Gasteiger partial charge in [-0.2, -0.15) is 0 Å². The van der Waals surface area contributed by atoms with Crippen LogP contribution in [-0.2, 0) is 14.3 Å². The van der Waals surface area contributed by atoms with Crippen LogP contribution in [0.5, 0.6) is 23.0 Å². The van der Waals surface area contributed by atoms with E-state index in [-0.39, 0.29) is 17.8 Å². The van der Waals surface area contributed by atoms with E-state index in [1.54, 1.807) is 21.3 Å². The fourth-order valence-corrected chi connectivity index (χ4v) is 5.45. The zero-order valence-corrected chi connectivity index (χ0v) is 24.4. The molecule has 2 aromatic carbocycles. The first-order chi connectivity index (χ1) is 19.3. The highest BCUT2D eigenvalue weighted by Crippen LogP contribution is 2.47. The Balaban J connectivity index is 1.80. The average molecular weight is 550 g/mol. The SMILES string of the molecule is CCOc1ccc([C@@H]2C(C(=O)O[C@@H](C)CC)=C(C)NC3=C2C(=O)C[C@H](c2ccc(OC)c(OC)c2)C3)cc1OC. The molecule has 1 aliphatic heterocycles. The van der Waals surface area contributed by atoms with Gasteiger partial charge in [-0.05, 0) is 74.9 Å². The zero-order valence-electron chi connectivity index (χ0n) is 24.4. The number of hydrogen-bond donors (Lipinski definition) is 1. The highest BCUT2D eigenvalue weighted by Gasteiger charge is 2.42. The number of esters is 1. The molecule has 1 heterocycles. The van der Waals surface area contributed by atoms with Crippen LogP contribution in [0.25, 0.3) is 0 Å². The lowest BCUT2D eigenvalue weighted by Crippen LogP contribution is -2.36. The van der Waals surface area contributed by atoms with Crippen molar-refractivity contribution in [2.24, 2.45) is 0 Å². The molecule has 0 bridgehead atoms. The van der Waals surface area contributed by atoms with Gasteiger partial charge in [0, 0.05) is 29.3 Å². The van der Waals surface area contributed by atoms with Crippen molar-refractivity contribution in [1.82, 2.24) is 5.32 Å². The van der Waals surface area contributed by atoms with Crippen LogP contribution in [0.4, 0.5) is 0 Å². The number of methoxy groups -OCH3 is 3. The van der Waals surface area contributed by atoms with Crippen LogP contribution in [-0.4, -0.2) is 45.8 Å². The van der Waals surface area contributed by atoms with Gasteiger partial charge in [0.1, 0.15) is 0 Å². The number of carbonyl (C=O) groups excluding carboxylic acids is 2. The first-order valence-electron chi connectivity index (χ1n) is 13.7. The van der Waals surface area contributed by atoms with Crippen LogP contribution >= 0.6 is 0 Å². The molecule has 0 spiro atoms. The van der Waals surface area contributed by atoms with Crippen molar-refractivity contribution in [2.75, 3.05) is 27.9 Å². The number of nitrogens with one attached hydrogen (secondary N) is 1. The van der Waals surface area contributed by atoms with Crippen LogP contribution in [0.15, 0.2) is 58.9 Å². The van der Waals surface area contributed by atoms with E-state index in [9.17, 15) is 9.59 Å². The summed E-state index contributed by atoms with van der Waals surface area (Å²) in [6.45, 7) is 8.08. The Labute approximate surface area is 236 Å². The number of ketones is 1. The first-order valence-corrected chi connectivity index (χ1v) is 13.7. The lowest BCUT2D eigenvalue weighted by atomic mass is 9.71. The Bertz CT molecular complexity index is 1340. The van der Waals surface area contributed by atoms with Gasteiger partial charge in [-0.1, -0.05) is 19.1 Å². The van der Waals surface area contributed by atoms with Gasteiger partial charge in [-0.3, -0.25) is 4.79 Å². The second-order valence-corrected chi connectivity index (χ2v) is 10.1. The predicted octanol–water partition coefficient (Wildman–Crippen LogP) is 5.81. The molecule has 0 fully saturated rings. The monoisotopic (exact) mass is 549 g/mol. The molecule has 0 aromatic heterocycles. The van der Waals surface area contributed by atoms with E-state index < -0.39 is 11.9 Å². The van der Waals surface area contributed by atoms with Crippen LogP contribution in [0.2, 0.25) is 0 Å². The molecule has 0 unspecified atom stereocenters. The maximum atomic E-state index is 14.0. The van der Waals surface area contributed by atoms with Gasteiger partial charge in [-0.15, -0.1) is 0 Å². The summed E-state index contributed by atoms with van der Waals surface area (Å²) >= 11 is 0. The Kier molecular flexibility index (Phi) is 9.07. The summed E-state index contributed by atoms with van der Waals surface area (Å²) in [5.41, 5.74) is 4.26. The topological polar surface area (TPSA) is 92.3 Å². The predicted molar refractivity (Wildman–Crippen MR) is 152 cm³/mol. The highest BCUT2D eigenvalue weighted by molar-refractivity contribution is 6.04. The van der Waals surface area contributed by atoms with E-state index in [1.807, 2.05) is 64.1 Å². The molecule has 40 heavy (non-hydrogen) atoms. The van der Waals surface area contributed by atoms with E-state index in [2.05, 4.69) is 5.32 Å². The van der Waals surface area contributed by atoms with Crippen molar-refractivity contribution < 1.29 is 33.3 Å². The molecule has 8 heteroatoms. The maximum Gasteiger partial charge on any atom is 0.337 e. The van der Waals surface area contributed by atoms with Gasteiger partial charge in [-0.25, -0.2) is 4.79 Å². The first kappa shape index (κ1) is 29.1. The summed E-state index contributed by atoms with van der Waals surface area (Å²) in [7, 11) is 4.77. The zero-order chi connectivity index (χ0) is 29.0. The smallest absolute Gasteiger partial charge is 0.337 e. The molecule has 0 amide bonds. The second kappa shape index (κ2) is 12.5. The standard InChI is InChI=1S/C32H39NO7/c1-8-18(3)40-32(35)29-19(4)33-23-14-22(20-10-12-25(36-5)27(16-20)37-6)15-24(34)31(23)30(29)21-11-13-26(39-9-2)28(17-21)38-7/h10-13,16-18,22,30,33H,8-9,14-15H2,1-7H3/t18-,22+,30+/m0/s1. The Morgan fingerprint density at radius 3 is 2.20 bits per heavy atom. The Hall–Kier alpha value is -3.94. The Morgan fingerprint density at radius 2 is 1.55 bits per heavy atom. The van der Waals surface area contributed by atoms with Gasteiger partial charge >= 0.3 is 5.97 Å². The van der Waals surface area contributed by atoms with E-state index in [1.165, 1.54) is 0 Å². The largest absolute Gasteiger partial charge is 0.493 e. The summed E-state index contributed by atoms with van der Waals surface area (Å²) in [5, 5.41) is 3.41. The fourth-order valence-electron chi connectivity index (χ4n) is 5.45. The number of allylic oxidation sites excluding steroid dienone is 3. The lowest BCUT2D eigenvalue weighted by Gasteiger charge is -2.37. The molecule has 0 radical (unpaired) electrons. The van der Waals surface area contributed by atoms with Crippen molar-refractivity contribution in [3.8, 4) is 23.0 Å². The molecule has 1 N–H and O–H groups in total. The van der Waals surface area contributed by atoms with Crippen LogP contribution < -0.4 is 24.3 Å². The van der Waals surface area contributed by atoms with E-state index in [0.717, 1.165) is 16.8 Å². The number of rotatable bonds is 10. The molecule has 1 aliphatic carbocycles. The van der Waals surface area contributed by atoms with Crippen LogP contribution in [0.1, 0.15) is 69.9 Å². The highest BCUT2D eigenvalue weighted by atomic mass is 16.5. The minimum Gasteiger partial charge on any atom is -0.493 e. The summed E-state index contributed by atoms with van der Waals surface area (Å²) in [4.78, 5) is 27.5. The van der Waals surface area contributed by atoms with Gasteiger partial charge in [0.2, 0.25) is 0 Å².